The molecule has 0 unspecified atom stereocenters. The fraction of sp³-hybridized carbons (Fsp3) is 0.250. The standard InChI is InChI=1S/C8H6F3N3/c1-5-4-12-14-3-2-6(8(9,10)11)13-7(5)14/h2-4H,1H3. The highest BCUT2D eigenvalue weighted by atomic mass is 19.4. The van der Waals surface area contributed by atoms with Crippen LogP contribution in [0.2, 0.25) is 0 Å². The van der Waals surface area contributed by atoms with Crippen LogP contribution in [-0.4, -0.2) is 14.6 Å². The third-order valence-electron chi connectivity index (χ3n) is 1.84. The maximum atomic E-state index is 12.3. The Bertz CT molecular complexity index is 472. The van der Waals surface area contributed by atoms with Gasteiger partial charge in [-0.1, -0.05) is 0 Å². The molecule has 2 aromatic heterocycles. The number of aromatic nitrogens is 3. The topological polar surface area (TPSA) is 30.2 Å². The van der Waals surface area contributed by atoms with Crippen molar-refractivity contribution in [3.8, 4) is 0 Å². The molecule has 0 bridgehead atoms. The lowest BCUT2D eigenvalue weighted by Crippen LogP contribution is -2.09. The van der Waals surface area contributed by atoms with Crippen molar-refractivity contribution < 1.29 is 13.2 Å². The fourth-order valence-electron chi connectivity index (χ4n) is 1.14. The van der Waals surface area contributed by atoms with E-state index in [2.05, 4.69) is 10.1 Å². The summed E-state index contributed by atoms with van der Waals surface area (Å²) in [6.07, 6.45) is -1.68. The number of hydrogen-bond acceptors (Lipinski definition) is 2. The van der Waals surface area contributed by atoms with Crippen molar-refractivity contribution in [1.82, 2.24) is 14.6 Å². The SMILES string of the molecule is Cc1cnn2ccc(C(F)(F)F)nc12. The zero-order valence-corrected chi connectivity index (χ0v) is 7.21. The lowest BCUT2D eigenvalue weighted by Gasteiger charge is -2.05. The Morgan fingerprint density at radius 2 is 2.07 bits per heavy atom. The second kappa shape index (κ2) is 2.70. The molecule has 74 valence electrons. The third kappa shape index (κ3) is 1.32. The number of alkyl halides is 3. The molecule has 0 aliphatic heterocycles. The number of halogens is 3. The van der Waals surface area contributed by atoms with Crippen LogP contribution in [0.5, 0.6) is 0 Å². The van der Waals surface area contributed by atoms with Gasteiger partial charge in [-0.15, -0.1) is 0 Å². The van der Waals surface area contributed by atoms with Crippen molar-refractivity contribution in [3.05, 3.63) is 29.7 Å². The predicted octanol–water partition coefficient (Wildman–Crippen LogP) is 2.06. The van der Waals surface area contributed by atoms with E-state index in [1.807, 2.05) is 0 Å². The van der Waals surface area contributed by atoms with Crippen LogP contribution >= 0.6 is 0 Å². The largest absolute Gasteiger partial charge is 0.433 e. The average Bonchev–Trinajstić information content (AvgIpc) is 2.46. The Balaban J connectivity index is 2.66. The molecule has 0 amide bonds. The summed E-state index contributed by atoms with van der Waals surface area (Å²) in [5, 5.41) is 3.83. The quantitative estimate of drug-likeness (QED) is 0.653. The molecule has 2 heterocycles. The Kier molecular flexibility index (Phi) is 1.73. The summed E-state index contributed by atoms with van der Waals surface area (Å²) >= 11 is 0. The Morgan fingerprint density at radius 1 is 1.36 bits per heavy atom. The lowest BCUT2D eigenvalue weighted by molar-refractivity contribution is -0.141. The van der Waals surface area contributed by atoms with E-state index in [0.717, 1.165) is 6.07 Å². The number of nitrogens with zero attached hydrogens (tertiary/aromatic N) is 3. The fourth-order valence-corrected chi connectivity index (χ4v) is 1.14. The van der Waals surface area contributed by atoms with Crippen LogP contribution in [0, 0.1) is 6.92 Å². The van der Waals surface area contributed by atoms with E-state index in [0.29, 0.717) is 5.56 Å². The molecule has 0 radical (unpaired) electrons. The molecule has 6 heteroatoms. The van der Waals surface area contributed by atoms with E-state index in [4.69, 9.17) is 0 Å². The molecular formula is C8H6F3N3. The molecule has 0 fully saturated rings. The van der Waals surface area contributed by atoms with E-state index >= 15 is 0 Å². The number of rotatable bonds is 0. The monoisotopic (exact) mass is 201 g/mol. The van der Waals surface area contributed by atoms with Gasteiger partial charge in [0, 0.05) is 11.8 Å². The summed E-state index contributed by atoms with van der Waals surface area (Å²) in [5.74, 6) is 0. The molecule has 0 aromatic carbocycles. The van der Waals surface area contributed by atoms with Crippen LogP contribution in [0.4, 0.5) is 13.2 Å². The van der Waals surface area contributed by atoms with Gasteiger partial charge in [-0.2, -0.15) is 18.3 Å². The van der Waals surface area contributed by atoms with E-state index in [-0.39, 0.29) is 5.65 Å². The molecule has 0 N–H and O–H groups in total. The third-order valence-corrected chi connectivity index (χ3v) is 1.84. The van der Waals surface area contributed by atoms with Crippen molar-refractivity contribution in [1.29, 1.82) is 0 Å². The molecule has 2 aromatic rings. The summed E-state index contributed by atoms with van der Waals surface area (Å²) in [6.45, 7) is 1.66. The molecule has 0 spiro atoms. The second-order valence-corrected chi connectivity index (χ2v) is 2.91. The van der Waals surface area contributed by atoms with Gasteiger partial charge in [-0.25, -0.2) is 9.50 Å². The van der Waals surface area contributed by atoms with Crippen molar-refractivity contribution in [3.63, 3.8) is 0 Å². The van der Waals surface area contributed by atoms with Crippen LogP contribution in [-0.2, 0) is 6.18 Å². The van der Waals surface area contributed by atoms with Gasteiger partial charge in [0.1, 0.15) is 5.69 Å². The predicted molar refractivity (Wildman–Crippen MR) is 42.7 cm³/mol. The minimum atomic E-state index is -4.40. The minimum Gasteiger partial charge on any atom is -0.224 e. The molecule has 3 nitrogen and oxygen atoms in total. The van der Waals surface area contributed by atoms with Crippen molar-refractivity contribution in [2.75, 3.05) is 0 Å². The maximum absolute atomic E-state index is 12.3. The van der Waals surface area contributed by atoms with Crippen molar-refractivity contribution in [2.24, 2.45) is 0 Å². The highest BCUT2D eigenvalue weighted by Crippen LogP contribution is 2.27. The second-order valence-electron chi connectivity index (χ2n) is 2.91. The van der Waals surface area contributed by atoms with Gasteiger partial charge in [0.2, 0.25) is 0 Å². The van der Waals surface area contributed by atoms with Gasteiger partial charge in [0.05, 0.1) is 6.20 Å². The lowest BCUT2D eigenvalue weighted by atomic mass is 10.3. The van der Waals surface area contributed by atoms with E-state index < -0.39 is 11.9 Å². The van der Waals surface area contributed by atoms with Gasteiger partial charge in [0.15, 0.2) is 5.65 Å². The maximum Gasteiger partial charge on any atom is 0.433 e. The van der Waals surface area contributed by atoms with Crippen LogP contribution in [0.25, 0.3) is 5.65 Å². The smallest absolute Gasteiger partial charge is 0.224 e. The van der Waals surface area contributed by atoms with Crippen LogP contribution in [0.15, 0.2) is 18.5 Å². The highest BCUT2D eigenvalue weighted by molar-refractivity contribution is 5.45. The van der Waals surface area contributed by atoms with Crippen molar-refractivity contribution >= 4 is 5.65 Å². The summed E-state index contributed by atoms with van der Waals surface area (Å²) in [5.41, 5.74) is -0.0375. The molecule has 0 aliphatic rings. The van der Waals surface area contributed by atoms with Gasteiger partial charge in [0.25, 0.3) is 0 Å². The van der Waals surface area contributed by atoms with Gasteiger partial charge in [-0.3, -0.25) is 0 Å². The number of hydrogen-bond donors (Lipinski definition) is 0. The first-order chi connectivity index (χ1) is 6.48. The highest BCUT2D eigenvalue weighted by Gasteiger charge is 2.32. The Hall–Kier alpha value is -1.59. The molecule has 2 rings (SSSR count). The zero-order valence-electron chi connectivity index (χ0n) is 7.21. The summed E-state index contributed by atoms with van der Waals surface area (Å²) < 4.78 is 38.1. The number of aryl methyl sites for hydroxylation is 1. The van der Waals surface area contributed by atoms with Gasteiger partial charge in [-0.05, 0) is 13.0 Å². The summed E-state index contributed by atoms with van der Waals surface area (Å²) in [7, 11) is 0. The summed E-state index contributed by atoms with van der Waals surface area (Å²) in [6, 6.07) is 0.902. The van der Waals surface area contributed by atoms with E-state index in [1.54, 1.807) is 6.92 Å². The number of fused-ring (bicyclic) bond motifs is 1. The first-order valence-electron chi connectivity index (χ1n) is 3.86. The zero-order chi connectivity index (χ0) is 10.3. The molecule has 0 aliphatic carbocycles. The normalized spacial score (nSPS) is 12.3. The van der Waals surface area contributed by atoms with E-state index in [1.165, 1.54) is 16.9 Å². The van der Waals surface area contributed by atoms with Crippen LogP contribution in [0.3, 0.4) is 0 Å². The van der Waals surface area contributed by atoms with Crippen LogP contribution < -0.4 is 0 Å². The first kappa shape index (κ1) is 8.98. The molecular weight excluding hydrogens is 195 g/mol. The Morgan fingerprint density at radius 3 is 2.71 bits per heavy atom. The molecule has 0 saturated heterocycles. The minimum absolute atomic E-state index is 0.236. The molecule has 0 saturated carbocycles. The summed E-state index contributed by atoms with van der Waals surface area (Å²) in [4.78, 5) is 3.48. The van der Waals surface area contributed by atoms with Gasteiger partial charge < -0.3 is 0 Å². The van der Waals surface area contributed by atoms with E-state index in [9.17, 15) is 13.2 Å². The first-order valence-corrected chi connectivity index (χ1v) is 3.86. The Labute approximate surface area is 77.2 Å². The van der Waals surface area contributed by atoms with Gasteiger partial charge >= 0.3 is 6.18 Å². The molecule has 14 heavy (non-hydrogen) atoms. The van der Waals surface area contributed by atoms with Crippen molar-refractivity contribution in [2.45, 2.75) is 13.1 Å². The van der Waals surface area contributed by atoms with Crippen LogP contribution in [0.1, 0.15) is 11.3 Å². The molecule has 0 atom stereocenters. The average molecular weight is 201 g/mol.